The van der Waals surface area contributed by atoms with Gasteiger partial charge in [-0.25, -0.2) is 0 Å². The minimum absolute atomic E-state index is 0.204. The van der Waals surface area contributed by atoms with E-state index >= 15 is 0 Å². The lowest BCUT2D eigenvalue weighted by Crippen LogP contribution is -2.42. The van der Waals surface area contributed by atoms with Gasteiger partial charge in [0.25, 0.3) is 11.4 Å². The molecule has 6 aromatic carbocycles. The van der Waals surface area contributed by atoms with E-state index in [1.807, 2.05) is 18.2 Å². The molecule has 0 N–H and O–H groups in total. The van der Waals surface area contributed by atoms with E-state index < -0.39 is 0 Å². The zero-order chi connectivity index (χ0) is 41.7. The van der Waals surface area contributed by atoms with Crippen LogP contribution in [0.4, 0.5) is 0 Å². The zero-order valence-corrected chi connectivity index (χ0v) is 36.1. The fourth-order valence-electron chi connectivity index (χ4n) is 8.20. The zero-order valence-electron chi connectivity index (χ0n) is 34.5. The number of thiazole rings is 2. The molecule has 8 nitrogen and oxygen atoms in total. The first-order chi connectivity index (χ1) is 30.7. The lowest BCUT2D eigenvalue weighted by Gasteiger charge is -2.10. The van der Waals surface area contributed by atoms with Crippen LogP contribution in [0.2, 0.25) is 0 Å². The summed E-state index contributed by atoms with van der Waals surface area (Å²) in [4.78, 5) is 1.72. The Morgan fingerprint density at radius 1 is 0.516 bits per heavy atom. The largest absolute Gasteiger partial charge is 0.468 e. The number of rotatable bonds is 14. The maximum Gasteiger partial charge on any atom is 0.277 e. The number of hydrogen-bond donors (Lipinski definition) is 0. The normalized spacial score (nSPS) is 12.3. The third kappa shape index (κ3) is 8.32. The van der Waals surface area contributed by atoms with Gasteiger partial charge in [-0.3, -0.25) is 0 Å². The summed E-state index contributed by atoms with van der Waals surface area (Å²) in [5.41, 5.74) is 9.50. The number of nitrogens with zero attached hydrogens (tertiary/aromatic N) is 6. The molecule has 10 heteroatoms. The molecule has 10 rings (SSSR count). The van der Waals surface area contributed by atoms with Gasteiger partial charge in [-0.15, -0.1) is 10.2 Å². The van der Waals surface area contributed by atoms with Crippen LogP contribution in [0.15, 0.2) is 186 Å². The molecule has 306 valence electrons. The Kier molecular flexibility index (Phi) is 11.5. The first-order valence-electron chi connectivity index (χ1n) is 21.0. The molecule has 10 aromatic rings. The van der Waals surface area contributed by atoms with E-state index in [1.54, 1.807) is 22.7 Å². The van der Waals surface area contributed by atoms with Gasteiger partial charge in [0.15, 0.2) is 6.79 Å². The predicted molar refractivity (Wildman–Crippen MR) is 251 cm³/mol. The Hall–Kier alpha value is -6.72. The summed E-state index contributed by atoms with van der Waals surface area (Å²) < 4.78 is 23.6. The van der Waals surface area contributed by atoms with Crippen LogP contribution < -0.4 is 23.5 Å². The van der Waals surface area contributed by atoms with Gasteiger partial charge in [-0.05, 0) is 78.2 Å². The molecular weight excluding hydrogens is 805 g/mol. The number of ether oxygens (including phenoxy) is 2. The SMILES string of the molecule is C[n+]1c(-c2ccc3ccccc3[n+]2CCCCOCOc2ccc(Cn3c(=NN=c4sc5ccccc5n4Cc4ccccc4)sc4ccccc43)cc2)ccc2ccccc21. The van der Waals surface area contributed by atoms with Crippen molar-refractivity contribution in [2.24, 2.45) is 17.3 Å². The van der Waals surface area contributed by atoms with E-state index in [2.05, 4.69) is 183 Å². The number of aryl methyl sites for hydroxylation is 2. The van der Waals surface area contributed by atoms with Crippen LogP contribution in [0.5, 0.6) is 5.75 Å². The lowest BCUT2D eigenvalue weighted by molar-refractivity contribution is -0.680. The van der Waals surface area contributed by atoms with Crippen molar-refractivity contribution in [1.82, 2.24) is 9.13 Å². The molecule has 0 aliphatic carbocycles. The third-order valence-corrected chi connectivity index (χ3v) is 13.5. The summed E-state index contributed by atoms with van der Waals surface area (Å²) in [7, 11) is 2.16. The summed E-state index contributed by atoms with van der Waals surface area (Å²) in [5, 5.41) is 12.3. The first kappa shape index (κ1) is 39.4. The Balaban J connectivity index is 0.790. The van der Waals surface area contributed by atoms with Crippen molar-refractivity contribution in [3.63, 3.8) is 0 Å². The number of hydrogen-bond acceptors (Lipinski definition) is 6. The number of para-hydroxylation sites is 4. The fraction of sp³-hybridized carbons (Fsp3) is 0.154. The summed E-state index contributed by atoms with van der Waals surface area (Å²) in [5.74, 6) is 0.778. The predicted octanol–water partition coefficient (Wildman–Crippen LogP) is 10.2. The van der Waals surface area contributed by atoms with Crippen LogP contribution in [-0.2, 0) is 31.4 Å². The van der Waals surface area contributed by atoms with Crippen molar-refractivity contribution in [3.8, 4) is 17.1 Å². The first-order valence-corrected chi connectivity index (χ1v) is 22.7. The Labute approximate surface area is 367 Å². The molecule has 0 saturated heterocycles. The standard InChI is InChI=1S/C52H46N6O2S2/c1-55-43-19-7-5-17-40(43)27-31-45(55)46-32-28-41-18-6-8-20-44(41)56(46)33-13-14-34-59-37-60-42-29-25-39(26-30-42)36-58-48-22-10-12-24-50(48)62-52(58)54-53-51-57(35-38-15-3-2-4-16-38)47-21-9-11-23-49(47)61-51/h2-12,15-32H,13-14,33-37H2,1H3/q+2. The molecule has 0 atom stereocenters. The molecule has 0 saturated carbocycles. The van der Waals surface area contributed by atoms with E-state index in [-0.39, 0.29) is 6.79 Å². The van der Waals surface area contributed by atoms with Crippen LogP contribution in [-0.4, -0.2) is 22.5 Å². The van der Waals surface area contributed by atoms with Crippen molar-refractivity contribution in [2.45, 2.75) is 32.5 Å². The van der Waals surface area contributed by atoms with E-state index in [4.69, 9.17) is 19.7 Å². The molecule has 62 heavy (non-hydrogen) atoms. The number of fused-ring (bicyclic) bond motifs is 4. The van der Waals surface area contributed by atoms with E-state index in [0.29, 0.717) is 13.2 Å². The highest BCUT2D eigenvalue weighted by atomic mass is 32.1. The highest BCUT2D eigenvalue weighted by Crippen LogP contribution is 2.23. The molecule has 4 aromatic heterocycles. The van der Waals surface area contributed by atoms with Gasteiger partial charge in [0.1, 0.15) is 19.3 Å². The van der Waals surface area contributed by atoms with Gasteiger partial charge in [0, 0.05) is 41.5 Å². The molecule has 4 heterocycles. The molecule has 0 amide bonds. The average molecular weight is 851 g/mol. The second-order valence-electron chi connectivity index (χ2n) is 15.3. The number of pyridine rings is 2. The van der Waals surface area contributed by atoms with Gasteiger partial charge in [0.05, 0.1) is 40.1 Å². The monoisotopic (exact) mass is 850 g/mol. The molecule has 0 aliphatic heterocycles. The topological polar surface area (TPSA) is 60.8 Å². The molecule has 0 unspecified atom stereocenters. The van der Waals surface area contributed by atoms with Gasteiger partial charge >= 0.3 is 0 Å². The Morgan fingerprint density at radius 2 is 1.06 bits per heavy atom. The summed E-state index contributed by atoms with van der Waals surface area (Å²) >= 11 is 3.32. The Morgan fingerprint density at radius 3 is 1.74 bits per heavy atom. The lowest BCUT2D eigenvalue weighted by atomic mass is 10.1. The van der Waals surface area contributed by atoms with Crippen molar-refractivity contribution < 1.29 is 18.6 Å². The molecule has 0 aliphatic rings. The van der Waals surface area contributed by atoms with Gasteiger partial charge < -0.3 is 18.6 Å². The Bertz CT molecular complexity index is 3310. The summed E-state index contributed by atoms with van der Waals surface area (Å²) in [6.07, 6.45) is 1.90. The molecular formula is C52H46N6O2S2+2. The van der Waals surface area contributed by atoms with Crippen molar-refractivity contribution in [1.29, 1.82) is 0 Å². The number of benzene rings is 6. The number of aromatic nitrogens is 4. The maximum atomic E-state index is 6.03. The van der Waals surface area contributed by atoms with Crippen molar-refractivity contribution in [2.75, 3.05) is 13.4 Å². The van der Waals surface area contributed by atoms with Gasteiger partial charge in [-0.2, -0.15) is 9.13 Å². The van der Waals surface area contributed by atoms with Gasteiger partial charge in [-0.1, -0.05) is 114 Å². The minimum Gasteiger partial charge on any atom is -0.468 e. The fourth-order valence-corrected chi connectivity index (χ4v) is 10.2. The van der Waals surface area contributed by atoms with Gasteiger partial charge in [0.2, 0.25) is 20.6 Å². The minimum atomic E-state index is 0.204. The van der Waals surface area contributed by atoms with Crippen molar-refractivity contribution >= 4 is 64.9 Å². The van der Waals surface area contributed by atoms with Crippen LogP contribution in [0, 0.1) is 0 Å². The molecule has 0 spiro atoms. The van der Waals surface area contributed by atoms with Crippen LogP contribution in [0.25, 0.3) is 53.6 Å². The average Bonchev–Trinajstić information content (AvgIpc) is 3.85. The van der Waals surface area contributed by atoms with Crippen LogP contribution in [0.1, 0.15) is 24.0 Å². The highest BCUT2D eigenvalue weighted by Gasteiger charge is 2.25. The maximum absolute atomic E-state index is 6.03. The quantitative estimate of drug-likeness (QED) is 0.0474. The van der Waals surface area contributed by atoms with Crippen molar-refractivity contribution in [3.05, 3.63) is 197 Å². The molecule has 0 fully saturated rings. The molecule has 0 bridgehead atoms. The second-order valence-corrected chi connectivity index (χ2v) is 17.4. The van der Waals surface area contributed by atoms with Crippen LogP contribution in [0.3, 0.4) is 0 Å². The van der Waals surface area contributed by atoms with Crippen LogP contribution >= 0.6 is 22.7 Å². The third-order valence-electron chi connectivity index (χ3n) is 11.4. The van der Waals surface area contributed by atoms with E-state index in [1.165, 1.54) is 48.2 Å². The number of unbranched alkanes of at least 4 members (excludes halogenated alkanes) is 1. The molecule has 0 radical (unpaired) electrons. The van der Waals surface area contributed by atoms with E-state index in [0.717, 1.165) is 57.9 Å². The van der Waals surface area contributed by atoms with E-state index in [9.17, 15) is 0 Å². The summed E-state index contributed by atoms with van der Waals surface area (Å²) in [6, 6.07) is 61.8. The summed E-state index contributed by atoms with van der Waals surface area (Å²) in [6.45, 7) is 3.09. The highest BCUT2D eigenvalue weighted by molar-refractivity contribution is 7.16. The smallest absolute Gasteiger partial charge is 0.277 e. The second kappa shape index (κ2) is 18.1.